The van der Waals surface area contributed by atoms with Gasteiger partial charge in [0.15, 0.2) is 11.6 Å². The van der Waals surface area contributed by atoms with Crippen LogP contribution >= 0.6 is 0 Å². The topological polar surface area (TPSA) is 110 Å². The zero-order valence-electron chi connectivity index (χ0n) is 24.2. The summed E-state index contributed by atoms with van der Waals surface area (Å²) in [4.78, 5) is 55.0. The summed E-state index contributed by atoms with van der Waals surface area (Å²) in [6.07, 6.45) is 8.15. The number of halogens is 1. The molecule has 220 valence electrons. The Morgan fingerprint density at radius 3 is 2.64 bits per heavy atom. The van der Waals surface area contributed by atoms with E-state index in [1.807, 2.05) is 50.3 Å². The molecule has 1 aromatic carbocycles. The molecule has 2 aromatic heterocycles. The molecule has 11 heteroatoms. The number of carbonyl (C=O) groups excluding carboxylic acids is 4. The number of nitrogens with one attached hydrogen (secondary N) is 1. The van der Waals surface area contributed by atoms with Crippen LogP contribution in [0.5, 0.6) is 0 Å². The standard InChI is InChI=1S/C31H35FN6O4/c1-5-7-20(6-2)21-8-9-26-23(14-21)24(19(3)39)17-36(26)18-29(40)38-16-22(32)15-27(38)30(41)33-25-10-13-37(31(25)42)28-11-12-35(4)34-28/h5-9,11-12,14,17,22,25,27H,10,13,15-16,18H2,1-4H3,(H,33,41)/b7-5-,20-6+/t22-,25?,27+/m1/s1. The van der Waals surface area contributed by atoms with Crippen molar-refractivity contribution >= 4 is 45.8 Å². The van der Waals surface area contributed by atoms with E-state index in [1.165, 1.54) is 16.7 Å². The number of aromatic nitrogens is 3. The Labute approximate surface area is 243 Å². The van der Waals surface area contributed by atoms with Crippen LogP contribution in [0.25, 0.3) is 16.5 Å². The van der Waals surface area contributed by atoms with Crippen LogP contribution in [0.3, 0.4) is 0 Å². The van der Waals surface area contributed by atoms with Crippen molar-refractivity contribution in [1.82, 2.24) is 24.6 Å². The van der Waals surface area contributed by atoms with Crippen molar-refractivity contribution in [2.75, 3.05) is 18.0 Å². The largest absolute Gasteiger partial charge is 0.342 e. The van der Waals surface area contributed by atoms with Crippen molar-refractivity contribution in [3.05, 3.63) is 66.0 Å². The number of hydrogen-bond donors (Lipinski definition) is 1. The first kappa shape index (κ1) is 29.0. The Kier molecular flexibility index (Phi) is 8.11. The van der Waals surface area contributed by atoms with Crippen LogP contribution in [0.1, 0.15) is 49.5 Å². The first-order chi connectivity index (χ1) is 20.1. The molecule has 0 saturated carbocycles. The number of amides is 3. The van der Waals surface area contributed by atoms with Gasteiger partial charge in [0.1, 0.15) is 24.8 Å². The molecule has 2 aliphatic heterocycles. The van der Waals surface area contributed by atoms with Gasteiger partial charge in [-0.15, -0.1) is 0 Å². The monoisotopic (exact) mass is 574 g/mol. The molecule has 0 aliphatic carbocycles. The Morgan fingerprint density at radius 1 is 1.19 bits per heavy atom. The molecular formula is C31H35FN6O4. The van der Waals surface area contributed by atoms with Gasteiger partial charge in [0.05, 0.1) is 6.54 Å². The number of aryl methyl sites for hydroxylation is 1. The van der Waals surface area contributed by atoms with Gasteiger partial charge in [0, 0.05) is 54.9 Å². The van der Waals surface area contributed by atoms with Crippen molar-refractivity contribution in [2.24, 2.45) is 7.05 Å². The van der Waals surface area contributed by atoms with E-state index in [9.17, 15) is 23.6 Å². The fourth-order valence-corrected chi connectivity index (χ4v) is 5.83. The quantitative estimate of drug-likeness (QED) is 0.328. The van der Waals surface area contributed by atoms with Crippen LogP contribution in [0.4, 0.5) is 10.2 Å². The number of carbonyl (C=O) groups is 4. The number of anilines is 1. The van der Waals surface area contributed by atoms with Gasteiger partial charge in [-0.05, 0) is 50.5 Å². The predicted octanol–water partition coefficient (Wildman–Crippen LogP) is 3.42. The van der Waals surface area contributed by atoms with Gasteiger partial charge in [0.2, 0.25) is 11.8 Å². The normalized spacial score (nSPS) is 21.2. The molecule has 3 amide bonds. The van der Waals surface area contributed by atoms with Crippen molar-refractivity contribution in [3.8, 4) is 0 Å². The minimum absolute atomic E-state index is 0.139. The number of benzene rings is 1. The van der Waals surface area contributed by atoms with E-state index in [2.05, 4.69) is 10.4 Å². The summed E-state index contributed by atoms with van der Waals surface area (Å²) in [5, 5.41) is 7.71. The van der Waals surface area contributed by atoms with Crippen LogP contribution in [-0.2, 0) is 28.0 Å². The summed E-state index contributed by atoms with van der Waals surface area (Å²) in [6.45, 7) is 5.36. The zero-order chi connectivity index (χ0) is 30.1. The SMILES string of the molecule is C/C=C\C(=C/C)c1ccc2c(c1)c(C(C)=O)cn2CC(=O)N1C[C@H](F)C[C@H]1C(=O)NC1CCN(c2ccn(C)n2)C1=O. The molecule has 1 unspecified atom stereocenters. The molecule has 0 bridgehead atoms. The number of Topliss-reactive ketones (excluding diaryl/α,β-unsaturated/α-hetero) is 1. The number of alkyl halides is 1. The number of ketones is 1. The highest BCUT2D eigenvalue weighted by Gasteiger charge is 2.42. The highest BCUT2D eigenvalue weighted by atomic mass is 19.1. The molecule has 42 heavy (non-hydrogen) atoms. The fourth-order valence-electron chi connectivity index (χ4n) is 5.83. The number of nitrogens with zero attached hydrogens (tertiary/aromatic N) is 5. The van der Waals surface area contributed by atoms with Gasteiger partial charge in [0.25, 0.3) is 5.91 Å². The third-order valence-corrected chi connectivity index (χ3v) is 7.93. The minimum Gasteiger partial charge on any atom is -0.342 e. The number of allylic oxidation sites excluding steroid dienone is 4. The molecule has 0 radical (unpaired) electrons. The van der Waals surface area contributed by atoms with Crippen molar-refractivity contribution in [2.45, 2.75) is 58.4 Å². The van der Waals surface area contributed by atoms with Gasteiger partial charge in [-0.3, -0.25) is 28.8 Å². The summed E-state index contributed by atoms with van der Waals surface area (Å²) < 4.78 is 17.9. The summed E-state index contributed by atoms with van der Waals surface area (Å²) >= 11 is 0. The first-order valence-electron chi connectivity index (χ1n) is 14.1. The van der Waals surface area contributed by atoms with Gasteiger partial charge >= 0.3 is 0 Å². The molecular weight excluding hydrogens is 539 g/mol. The highest BCUT2D eigenvalue weighted by Crippen LogP contribution is 2.29. The lowest BCUT2D eigenvalue weighted by atomic mass is 10.0. The lowest BCUT2D eigenvalue weighted by Gasteiger charge is -2.25. The number of hydrogen-bond acceptors (Lipinski definition) is 5. The summed E-state index contributed by atoms with van der Waals surface area (Å²) in [7, 11) is 1.75. The highest BCUT2D eigenvalue weighted by molar-refractivity contribution is 6.08. The third-order valence-electron chi connectivity index (χ3n) is 7.93. The average molecular weight is 575 g/mol. The van der Waals surface area contributed by atoms with Crippen LogP contribution in [0.2, 0.25) is 0 Å². The lowest BCUT2D eigenvalue weighted by molar-refractivity contribution is -0.139. The number of rotatable bonds is 8. The van der Waals surface area contributed by atoms with Crippen LogP contribution in [0, 0.1) is 0 Å². The molecule has 2 saturated heterocycles. The van der Waals surface area contributed by atoms with E-state index < -0.39 is 30.1 Å². The van der Waals surface area contributed by atoms with Crippen molar-refractivity contribution in [1.29, 1.82) is 0 Å². The maximum Gasteiger partial charge on any atom is 0.250 e. The molecule has 4 heterocycles. The summed E-state index contributed by atoms with van der Waals surface area (Å²) in [5.41, 5.74) is 3.11. The smallest absolute Gasteiger partial charge is 0.250 e. The molecule has 3 atom stereocenters. The number of likely N-dealkylation sites (tertiary alicyclic amines) is 1. The molecule has 3 aromatic rings. The second-order valence-corrected chi connectivity index (χ2v) is 10.8. The van der Waals surface area contributed by atoms with Gasteiger partial charge < -0.3 is 14.8 Å². The molecule has 5 rings (SSSR count). The molecule has 2 fully saturated rings. The maximum absolute atomic E-state index is 14.6. The van der Waals surface area contributed by atoms with Gasteiger partial charge in [-0.2, -0.15) is 5.10 Å². The molecule has 0 spiro atoms. The molecule has 1 N–H and O–H groups in total. The van der Waals surface area contributed by atoms with Crippen molar-refractivity contribution < 1.29 is 23.6 Å². The van der Waals surface area contributed by atoms with Gasteiger partial charge in [-0.25, -0.2) is 4.39 Å². The zero-order valence-corrected chi connectivity index (χ0v) is 24.2. The number of fused-ring (bicyclic) bond motifs is 1. The Bertz CT molecular complexity index is 1620. The Morgan fingerprint density at radius 2 is 1.98 bits per heavy atom. The van der Waals surface area contributed by atoms with Crippen LogP contribution in [-0.4, -0.2) is 74.1 Å². The third kappa shape index (κ3) is 5.50. The van der Waals surface area contributed by atoms with E-state index in [1.54, 1.807) is 34.8 Å². The summed E-state index contributed by atoms with van der Waals surface area (Å²) in [6, 6.07) is 5.63. The molecule has 10 nitrogen and oxygen atoms in total. The van der Waals surface area contributed by atoms with Crippen LogP contribution < -0.4 is 10.2 Å². The lowest BCUT2D eigenvalue weighted by Crippen LogP contribution is -2.51. The van der Waals surface area contributed by atoms with Gasteiger partial charge in [-0.1, -0.05) is 24.3 Å². The van der Waals surface area contributed by atoms with Crippen LogP contribution in [0.15, 0.2) is 54.9 Å². The van der Waals surface area contributed by atoms with E-state index >= 15 is 0 Å². The second kappa shape index (κ2) is 11.8. The average Bonchev–Trinajstić information content (AvgIpc) is 3.73. The van der Waals surface area contributed by atoms with E-state index in [-0.39, 0.29) is 31.2 Å². The maximum atomic E-state index is 14.6. The first-order valence-corrected chi connectivity index (χ1v) is 14.1. The predicted molar refractivity (Wildman–Crippen MR) is 158 cm³/mol. The second-order valence-electron chi connectivity index (χ2n) is 10.8. The molecule has 2 aliphatic rings. The Balaban J connectivity index is 1.33. The van der Waals surface area contributed by atoms with Crippen molar-refractivity contribution in [3.63, 3.8) is 0 Å². The van der Waals surface area contributed by atoms with E-state index in [4.69, 9.17) is 0 Å². The van der Waals surface area contributed by atoms with E-state index in [0.717, 1.165) is 11.1 Å². The summed E-state index contributed by atoms with van der Waals surface area (Å²) in [5.74, 6) is -0.929. The Hall–Kier alpha value is -4.54. The minimum atomic E-state index is -1.36. The fraction of sp³-hybridized carbons (Fsp3) is 0.387. The van der Waals surface area contributed by atoms with E-state index in [0.29, 0.717) is 35.2 Å².